The number of terminal acetylenes is 1. The topological polar surface area (TPSA) is 38.3 Å². The molecule has 14 heavy (non-hydrogen) atoms. The number of nitrogens with one attached hydrogen (secondary N) is 1. The van der Waals surface area contributed by atoms with Gasteiger partial charge in [-0.05, 0) is 12.8 Å². The maximum Gasteiger partial charge on any atom is 0.225 e. The van der Waals surface area contributed by atoms with Gasteiger partial charge < -0.3 is 10.1 Å². The largest absolute Gasteiger partial charge is 0.377 e. The first-order chi connectivity index (χ1) is 6.79. The molecule has 0 radical (unpaired) electrons. The van der Waals surface area contributed by atoms with Gasteiger partial charge in [-0.25, -0.2) is 0 Å². The first-order valence-electron chi connectivity index (χ1n) is 5.12. The number of amides is 1. The van der Waals surface area contributed by atoms with E-state index in [-0.39, 0.29) is 17.9 Å². The Morgan fingerprint density at radius 3 is 3.14 bits per heavy atom. The van der Waals surface area contributed by atoms with Gasteiger partial charge in [-0.1, -0.05) is 6.92 Å². The molecule has 1 fully saturated rings. The molecule has 2 unspecified atom stereocenters. The van der Waals surface area contributed by atoms with Crippen molar-refractivity contribution in [2.75, 3.05) is 13.2 Å². The fourth-order valence-electron chi connectivity index (χ4n) is 1.74. The summed E-state index contributed by atoms with van der Waals surface area (Å²) in [4.78, 5) is 11.6. The average Bonchev–Trinajstić information content (AvgIpc) is 2.65. The van der Waals surface area contributed by atoms with Crippen molar-refractivity contribution in [1.82, 2.24) is 5.32 Å². The lowest BCUT2D eigenvalue weighted by Crippen LogP contribution is -2.35. The predicted molar refractivity (Wildman–Crippen MR) is 54.6 cm³/mol. The second-order valence-corrected chi connectivity index (χ2v) is 3.46. The summed E-state index contributed by atoms with van der Waals surface area (Å²) in [5.74, 6) is 2.61. The quantitative estimate of drug-likeness (QED) is 0.535. The second kappa shape index (κ2) is 5.66. The smallest absolute Gasteiger partial charge is 0.225 e. The SMILES string of the molecule is C#CCCNC(=O)C1CCOC1CC. The molecular formula is C11H17NO2. The molecule has 0 aromatic carbocycles. The van der Waals surface area contributed by atoms with E-state index >= 15 is 0 Å². The van der Waals surface area contributed by atoms with Gasteiger partial charge in [-0.3, -0.25) is 4.79 Å². The van der Waals surface area contributed by atoms with E-state index in [0.717, 1.165) is 12.8 Å². The molecule has 0 aromatic heterocycles. The lowest BCUT2D eigenvalue weighted by molar-refractivity contribution is -0.126. The number of hydrogen-bond donors (Lipinski definition) is 1. The number of hydrogen-bond acceptors (Lipinski definition) is 2. The van der Waals surface area contributed by atoms with Gasteiger partial charge in [-0.2, -0.15) is 0 Å². The van der Waals surface area contributed by atoms with Gasteiger partial charge in [0.25, 0.3) is 0 Å². The average molecular weight is 195 g/mol. The fraction of sp³-hybridized carbons (Fsp3) is 0.727. The molecule has 1 aliphatic heterocycles. The summed E-state index contributed by atoms with van der Waals surface area (Å²) in [5.41, 5.74) is 0. The van der Waals surface area contributed by atoms with Crippen LogP contribution in [-0.4, -0.2) is 25.2 Å². The molecule has 0 spiro atoms. The van der Waals surface area contributed by atoms with Crippen LogP contribution in [0.4, 0.5) is 0 Å². The maximum atomic E-state index is 11.6. The van der Waals surface area contributed by atoms with Crippen LogP contribution in [0.3, 0.4) is 0 Å². The highest BCUT2D eigenvalue weighted by atomic mass is 16.5. The Balaban J connectivity index is 2.32. The molecule has 0 aliphatic carbocycles. The van der Waals surface area contributed by atoms with Crippen LogP contribution < -0.4 is 5.32 Å². The third-order valence-electron chi connectivity index (χ3n) is 2.52. The highest BCUT2D eigenvalue weighted by molar-refractivity contribution is 5.79. The van der Waals surface area contributed by atoms with E-state index in [4.69, 9.17) is 11.2 Å². The Hall–Kier alpha value is -1.01. The second-order valence-electron chi connectivity index (χ2n) is 3.46. The number of rotatable bonds is 4. The van der Waals surface area contributed by atoms with Gasteiger partial charge in [0.1, 0.15) is 0 Å². The minimum atomic E-state index is 0.0257. The van der Waals surface area contributed by atoms with Gasteiger partial charge in [0.2, 0.25) is 5.91 Å². The van der Waals surface area contributed by atoms with Crippen molar-refractivity contribution in [1.29, 1.82) is 0 Å². The molecule has 1 heterocycles. The van der Waals surface area contributed by atoms with Gasteiger partial charge in [-0.15, -0.1) is 12.3 Å². The van der Waals surface area contributed by atoms with Crippen molar-refractivity contribution in [2.24, 2.45) is 5.92 Å². The zero-order valence-corrected chi connectivity index (χ0v) is 8.58. The lowest BCUT2D eigenvalue weighted by atomic mass is 9.99. The van der Waals surface area contributed by atoms with Crippen molar-refractivity contribution in [3.05, 3.63) is 0 Å². The zero-order chi connectivity index (χ0) is 10.4. The normalized spacial score (nSPS) is 25.7. The van der Waals surface area contributed by atoms with E-state index < -0.39 is 0 Å². The zero-order valence-electron chi connectivity index (χ0n) is 8.58. The first kappa shape index (κ1) is 11.1. The first-order valence-corrected chi connectivity index (χ1v) is 5.12. The van der Waals surface area contributed by atoms with E-state index in [1.807, 2.05) is 6.92 Å². The summed E-state index contributed by atoms with van der Waals surface area (Å²) in [6.07, 6.45) is 7.52. The third kappa shape index (κ3) is 2.74. The lowest BCUT2D eigenvalue weighted by Gasteiger charge is -2.15. The van der Waals surface area contributed by atoms with Crippen LogP contribution in [0, 0.1) is 18.3 Å². The van der Waals surface area contributed by atoms with Crippen molar-refractivity contribution in [2.45, 2.75) is 32.3 Å². The van der Waals surface area contributed by atoms with E-state index in [2.05, 4.69) is 11.2 Å². The molecule has 1 saturated heterocycles. The standard InChI is InChI=1S/C11H17NO2/c1-3-5-7-12-11(13)9-6-8-14-10(9)4-2/h1,9-10H,4-8H2,2H3,(H,12,13). The molecule has 1 N–H and O–H groups in total. The Morgan fingerprint density at radius 1 is 1.71 bits per heavy atom. The molecule has 0 bridgehead atoms. The van der Waals surface area contributed by atoms with Crippen LogP contribution in [0.25, 0.3) is 0 Å². The van der Waals surface area contributed by atoms with Crippen LogP contribution in [0.1, 0.15) is 26.2 Å². The summed E-state index contributed by atoms with van der Waals surface area (Å²) in [7, 11) is 0. The molecule has 0 saturated carbocycles. The molecule has 1 rings (SSSR count). The summed E-state index contributed by atoms with van der Waals surface area (Å²) in [6, 6.07) is 0. The minimum absolute atomic E-state index is 0.0257. The number of carbonyl (C=O) groups excluding carboxylic acids is 1. The van der Waals surface area contributed by atoms with Crippen LogP contribution in [-0.2, 0) is 9.53 Å². The van der Waals surface area contributed by atoms with Gasteiger partial charge in [0.15, 0.2) is 0 Å². The molecule has 1 amide bonds. The van der Waals surface area contributed by atoms with Crippen molar-refractivity contribution in [3.63, 3.8) is 0 Å². The summed E-state index contributed by atoms with van der Waals surface area (Å²) < 4.78 is 5.44. The van der Waals surface area contributed by atoms with E-state index in [0.29, 0.717) is 19.6 Å². The molecule has 2 atom stereocenters. The Morgan fingerprint density at radius 2 is 2.50 bits per heavy atom. The summed E-state index contributed by atoms with van der Waals surface area (Å²) >= 11 is 0. The van der Waals surface area contributed by atoms with E-state index in [1.165, 1.54) is 0 Å². The number of carbonyl (C=O) groups is 1. The molecule has 78 valence electrons. The number of ether oxygens (including phenoxy) is 1. The summed E-state index contributed by atoms with van der Waals surface area (Å²) in [6.45, 7) is 3.31. The van der Waals surface area contributed by atoms with Crippen LogP contribution in [0.5, 0.6) is 0 Å². The molecule has 0 aromatic rings. The monoisotopic (exact) mass is 195 g/mol. The Kier molecular flexibility index (Phi) is 4.48. The van der Waals surface area contributed by atoms with Crippen molar-refractivity contribution >= 4 is 5.91 Å². The van der Waals surface area contributed by atoms with Gasteiger partial charge >= 0.3 is 0 Å². The van der Waals surface area contributed by atoms with Crippen LogP contribution in [0.2, 0.25) is 0 Å². The fourth-order valence-corrected chi connectivity index (χ4v) is 1.74. The van der Waals surface area contributed by atoms with Gasteiger partial charge in [0, 0.05) is 19.6 Å². The van der Waals surface area contributed by atoms with E-state index in [9.17, 15) is 4.79 Å². The molecule has 3 heteroatoms. The minimum Gasteiger partial charge on any atom is -0.377 e. The van der Waals surface area contributed by atoms with Crippen molar-refractivity contribution in [3.8, 4) is 12.3 Å². The molecule has 3 nitrogen and oxygen atoms in total. The van der Waals surface area contributed by atoms with E-state index in [1.54, 1.807) is 0 Å². The summed E-state index contributed by atoms with van der Waals surface area (Å²) in [5, 5.41) is 2.83. The highest BCUT2D eigenvalue weighted by Crippen LogP contribution is 2.23. The van der Waals surface area contributed by atoms with Crippen LogP contribution in [0.15, 0.2) is 0 Å². The molecular weight excluding hydrogens is 178 g/mol. The molecule has 1 aliphatic rings. The highest BCUT2D eigenvalue weighted by Gasteiger charge is 2.32. The van der Waals surface area contributed by atoms with Crippen molar-refractivity contribution < 1.29 is 9.53 Å². The maximum absolute atomic E-state index is 11.6. The van der Waals surface area contributed by atoms with Gasteiger partial charge in [0.05, 0.1) is 12.0 Å². The Labute approximate surface area is 85.2 Å². The predicted octanol–water partition coefficient (Wildman–Crippen LogP) is 0.941. The third-order valence-corrected chi connectivity index (χ3v) is 2.52. The van der Waals surface area contributed by atoms with Crippen LogP contribution >= 0.6 is 0 Å². The Bertz CT molecular complexity index is 232.